The molecule has 3 rings (SSSR count). The smallest absolute Gasteiger partial charge is 0.223 e. The predicted octanol–water partition coefficient (Wildman–Crippen LogP) is 3.19. The number of sulfonamides is 1. The Bertz CT molecular complexity index is 991. The van der Waals surface area contributed by atoms with E-state index in [0.717, 1.165) is 10.0 Å². The highest BCUT2D eigenvalue weighted by atomic mass is 79.9. The zero-order valence-corrected chi connectivity index (χ0v) is 19.8. The van der Waals surface area contributed by atoms with Crippen molar-refractivity contribution in [3.8, 4) is 11.5 Å². The Hall–Kier alpha value is -2.10. The van der Waals surface area contributed by atoms with Crippen molar-refractivity contribution < 1.29 is 22.7 Å². The molecule has 1 fully saturated rings. The van der Waals surface area contributed by atoms with Gasteiger partial charge < -0.3 is 14.8 Å². The number of hydrogen-bond acceptors (Lipinski definition) is 5. The number of amides is 1. The highest BCUT2D eigenvalue weighted by Gasteiger charge is 2.31. The van der Waals surface area contributed by atoms with Crippen molar-refractivity contribution in [2.24, 2.45) is 5.92 Å². The van der Waals surface area contributed by atoms with Gasteiger partial charge in [0.15, 0.2) is 0 Å². The van der Waals surface area contributed by atoms with Gasteiger partial charge in [-0.1, -0.05) is 34.1 Å². The molecule has 0 saturated carbocycles. The number of rotatable bonds is 9. The van der Waals surface area contributed by atoms with Crippen molar-refractivity contribution >= 4 is 31.9 Å². The lowest BCUT2D eigenvalue weighted by molar-refractivity contribution is -0.126. The number of carbonyl (C=O) groups is 1. The van der Waals surface area contributed by atoms with E-state index in [1.54, 1.807) is 19.2 Å². The minimum atomic E-state index is -3.41. The lowest BCUT2D eigenvalue weighted by Crippen LogP contribution is -2.43. The molecule has 31 heavy (non-hydrogen) atoms. The number of carbonyl (C=O) groups excluding carboxylic acids is 1. The second-order valence-corrected chi connectivity index (χ2v) is 10.3. The van der Waals surface area contributed by atoms with Crippen LogP contribution in [0.3, 0.4) is 0 Å². The summed E-state index contributed by atoms with van der Waals surface area (Å²) in [6.07, 6.45) is 1.03. The van der Waals surface area contributed by atoms with Gasteiger partial charge in [-0.2, -0.15) is 0 Å². The van der Waals surface area contributed by atoms with Gasteiger partial charge in [0.05, 0.1) is 19.4 Å². The van der Waals surface area contributed by atoms with Crippen LogP contribution in [0.15, 0.2) is 53.0 Å². The van der Waals surface area contributed by atoms with Crippen LogP contribution in [-0.4, -0.2) is 52.0 Å². The number of benzene rings is 2. The van der Waals surface area contributed by atoms with Gasteiger partial charge in [-0.15, -0.1) is 0 Å². The topological polar surface area (TPSA) is 84.9 Å². The summed E-state index contributed by atoms with van der Waals surface area (Å²) in [6.45, 7) is 1.44. The van der Waals surface area contributed by atoms with Crippen molar-refractivity contribution in [2.45, 2.75) is 18.6 Å². The Morgan fingerprint density at radius 3 is 2.55 bits per heavy atom. The number of hydrogen-bond donors (Lipinski definition) is 1. The summed E-state index contributed by atoms with van der Waals surface area (Å²) in [5.41, 5.74) is 0.741. The molecule has 0 radical (unpaired) electrons. The molecule has 0 spiro atoms. The lowest BCUT2D eigenvalue weighted by atomic mass is 9.97. The number of ether oxygens (including phenoxy) is 2. The van der Waals surface area contributed by atoms with Crippen LogP contribution < -0.4 is 14.8 Å². The summed E-state index contributed by atoms with van der Waals surface area (Å²) in [4.78, 5) is 12.4. The normalized spacial score (nSPS) is 15.4. The zero-order chi connectivity index (χ0) is 22.3. The first-order valence-corrected chi connectivity index (χ1v) is 12.5. The monoisotopic (exact) mass is 510 g/mol. The molecule has 0 atom stereocenters. The third-order valence-corrected chi connectivity index (χ3v) is 7.51. The maximum absolute atomic E-state index is 12.7. The second kappa shape index (κ2) is 11.0. The molecule has 1 heterocycles. The molecular formula is C22H27BrN2O5S. The second-order valence-electron chi connectivity index (χ2n) is 7.38. The summed E-state index contributed by atoms with van der Waals surface area (Å²) in [5, 5.41) is 2.88. The molecule has 0 bridgehead atoms. The predicted molar refractivity (Wildman–Crippen MR) is 123 cm³/mol. The summed E-state index contributed by atoms with van der Waals surface area (Å²) in [7, 11) is -1.82. The van der Waals surface area contributed by atoms with Gasteiger partial charge in [-0.25, -0.2) is 12.7 Å². The Kier molecular flexibility index (Phi) is 8.34. The van der Waals surface area contributed by atoms with E-state index < -0.39 is 10.0 Å². The van der Waals surface area contributed by atoms with Crippen molar-refractivity contribution in [3.63, 3.8) is 0 Å². The van der Waals surface area contributed by atoms with Gasteiger partial charge in [0.1, 0.15) is 18.1 Å². The van der Waals surface area contributed by atoms with Crippen LogP contribution in [0.25, 0.3) is 0 Å². The van der Waals surface area contributed by atoms with Gasteiger partial charge >= 0.3 is 0 Å². The summed E-state index contributed by atoms with van der Waals surface area (Å²) in [5.74, 6) is 1.11. The highest BCUT2D eigenvalue weighted by molar-refractivity contribution is 9.10. The largest absolute Gasteiger partial charge is 0.497 e. The fraction of sp³-hybridized carbons (Fsp3) is 0.409. The lowest BCUT2D eigenvalue weighted by Gasteiger charge is -2.30. The Morgan fingerprint density at radius 1 is 1.13 bits per heavy atom. The molecule has 168 valence electrons. The van der Waals surface area contributed by atoms with E-state index in [9.17, 15) is 13.2 Å². The average Bonchev–Trinajstić information content (AvgIpc) is 2.76. The fourth-order valence-electron chi connectivity index (χ4n) is 3.50. The number of nitrogens with zero attached hydrogens (tertiary/aromatic N) is 1. The van der Waals surface area contributed by atoms with Crippen LogP contribution in [0.1, 0.15) is 18.4 Å². The van der Waals surface area contributed by atoms with Crippen LogP contribution in [0.4, 0.5) is 0 Å². The Morgan fingerprint density at radius 2 is 1.84 bits per heavy atom. The standard InChI is InChI=1S/C22H27BrN2O5S/c1-29-20-6-3-7-21(15-20)30-13-10-24-22(26)18-8-11-25(12-9-18)31(27,28)16-17-4-2-5-19(23)14-17/h2-7,14-15,18H,8-13,16H2,1H3,(H,24,26). The molecule has 1 amide bonds. The Labute approximate surface area is 191 Å². The van der Waals surface area contributed by atoms with Crippen LogP contribution in [-0.2, 0) is 20.6 Å². The van der Waals surface area contributed by atoms with Crippen molar-refractivity contribution in [1.29, 1.82) is 0 Å². The Balaban J connectivity index is 1.40. The highest BCUT2D eigenvalue weighted by Crippen LogP contribution is 2.23. The van der Waals surface area contributed by atoms with Crippen LogP contribution in [0, 0.1) is 5.92 Å². The third-order valence-electron chi connectivity index (χ3n) is 5.17. The fourth-order valence-corrected chi connectivity index (χ4v) is 5.50. The van der Waals surface area contributed by atoms with E-state index in [0.29, 0.717) is 50.6 Å². The van der Waals surface area contributed by atoms with Crippen LogP contribution >= 0.6 is 15.9 Å². The van der Waals surface area contributed by atoms with Crippen molar-refractivity contribution in [1.82, 2.24) is 9.62 Å². The molecule has 7 nitrogen and oxygen atoms in total. The molecule has 2 aromatic carbocycles. The van der Waals surface area contributed by atoms with Gasteiger partial charge in [0.25, 0.3) is 0 Å². The summed E-state index contributed by atoms with van der Waals surface area (Å²) >= 11 is 3.37. The molecular weight excluding hydrogens is 484 g/mol. The molecule has 9 heteroatoms. The van der Waals surface area contributed by atoms with Gasteiger partial charge in [0.2, 0.25) is 15.9 Å². The first-order valence-electron chi connectivity index (χ1n) is 10.1. The molecule has 1 aliphatic heterocycles. The molecule has 0 aromatic heterocycles. The zero-order valence-electron chi connectivity index (χ0n) is 17.4. The van der Waals surface area contributed by atoms with Gasteiger partial charge in [-0.3, -0.25) is 4.79 Å². The molecule has 1 saturated heterocycles. The van der Waals surface area contributed by atoms with E-state index in [4.69, 9.17) is 9.47 Å². The average molecular weight is 511 g/mol. The maximum Gasteiger partial charge on any atom is 0.223 e. The number of nitrogens with one attached hydrogen (secondary N) is 1. The molecule has 2 aromatic rings. The first-order chi connectivity index (χ1) is 14.9. The van der Waals surface area contributed by atoms with Crippen molar-refractivity contribution in [3.05, 3.63) is 58.6 Å². The van der Waals surface area contributed by atoms with Crippen LogP contribution in [0.2, 0.25) is 0 Å². The molecule has 0 unspecified atom stereocenters. The van der Waals surface area contributed by atoms with Crippen molar-refractivity contribution in [2.75, 3.05) is 33.4 Å². The van der Waals surface area contributed by atoms with E-state index in [-0.39, 0.29) is 17.6 Å². The number of piperidine rings is 1. The SMILES string of the molecule is COc1cccc(OCCNC(=O)C2CCN(S(=O)(=O)Cc3cccc(Br)c3)CC2)c1. The number of methoxy groups -OCH3 is 1. The van der Waals surface area contributed by atoms with E-state index in [1.807, 2.05) is 36.4 Å². The maximum atomic E-state index is 12.7. The number of halogens is 1. The molecule has 1 N–H and O–H groups in total. The van der Waals surface area contributed by atoms with E-state index in [2.05, 4.69) is 21.2 Å². The first kappa shape index (κ1) is 23.6. The summed E-state index contributed by atoms with van der Waals surface area (Å²) < 4.78 is 38.6. The van der Waals surface area contributed by atoms with E-state index >= 15 is 0 Å². The van der Waals surface area contributed by atoms with Gasteiger partial charge in [-0.05, 0) is 42.7 Å². The molecule has 0 aliphatic carbocycles. The van der Waals surface area contributed by atoms with Gasteiger partial charge in [0, 0.05) is 29.5 Å². The summed E-state index contributed by atoms with van der Waals surface area (Å²) in [6, 6.07) is 14.6. The quantitative estimate of drug-likeness (QED) is 0.523. The van der Waals surface area contributed by atoms with E-state index in [1.165, 1.54) is 4.31 Å². The third kappa shape index (κ3) is 6.95. The van der Waals surface area contributed by atoms with Crippen LogP contribution in [0.5, 0.6) is 11.5 Å². The minimum absolute atomic E-state index is 0.0368. The minimum Gasteiger partial charge on any atom is -0.497 e. The molecule has 1 aliphatic rings.